The standard InChI is InChI=1S/C16H19N3OS/c1-10-8-18-16(21-10)11(2)19-15(20)13-7-12-5-3-4-6-14(12)17-9-13/h3-6,8,11,13,17H,7,9H2,1-2H3,(H,19,20). The van der Waals surface area contributed by atoms with Gasteiger partial charge in [-0.25, -0.2) is 4.98 Å². The highest BCUT2D eigenvalue weighted by Crippen LogP contribution is 2.25. The van der Waals surface area contributed by atoms with E-state index in [0.717, 1.165) is 17.1 Å². The Morgan fingerprint density at radius 3 is 3.05 bits per heavy atom. The van der Waals surface area contributed by atoms with Crippen LogP contribution in [0, 0.1) is 12.8 Å². The normalized spacial score (nSPS) is 18.5. The highest BCUT2D eigenvalue weighted by molar-refractivity contribution is 7.11. The van der Waals surface area contributed by atoms with Crippen molar-refractivity contribution >= 4 is 22.9 Å². The van der Waals surface area contributed by atoms with E-state index >= 15 is 0 Å². The Labute approximate surface area is 128 Å². The number of hydrogen-bond donors (Lipinski definition) is 2. The van der Waals surface area contributed by atoms with Gasteiger partial charge in [0.15, 0.2) is 0 Å². The first-order valence-corrected chi connectivity index (χ1v) is 7.99. The SMILES string of the molecule is Cc1cnc(C(C)NC(=O)C2CNc3ccccc3C2)s1. The lowest BCUT2D eigenvalue weighted by atomic mass is 9.93. The van der Waals surface area contributed by atoms with Gasteiger partial charge in [-0.3, -0.25) is 4.79 Å². The maximum Gasteiger partial charge on any atom is 0.225 e. The summed E-state index contributed by atoms with van der Waals surface area (Å²) < 4.78 is 0. The van der Waals surface area contributed by atoms with E-state index in [1.165, 1.54) is 10.4 Å². The molecule has 0 saturated carbocycles. The second kappa shape index (κ2) is 5.85. The lowest BCUT2D eigenvalue weighted by molar-refractivity contribution is -0.125. The number of carbonyl (C=O) groups is 1. The lowest BCUT2D eigenvalue weighted by Gasteiger charge is -2.26. The molecule has 2 unspecified atom stereocenters. The minimum absolute atomic E-state index is 0.0246. The summed E-state index contributed by atoms with van der Waals surface area (Å²) in [6.07, 6.45) is 2.64. The van der Waals surface area contributed by atoms with E-state index in [4.69, 9.17) is 0 Å². The molecular formula is C16H19N3OS. The van der Waals surface area contributed by atoms with Crippen molar-refractivity contribution in [3.8, 4) is 0 Å². The average Bonchev–Trinajstić information content (AvgIpc) is 2.93. The highest BCUT2D eigenvalue weighted by atomic mass is 32.1. The minimum atomic E-state index is -0.0339. The van der Waals surface area contributed by atoms with Crippen LogP contribution in [0.4, 0.5) is 5.69 Å². The van der Waals surface area contributed by atoms with Crippen LogP contribution >= 0.6 is 11.3 Å². The average molecular weight is 301 g/mol. The molecule has 0 aliphatic carbocycles. The molecule has 4 nitrogen and oxygen atoms in total. The third kappa shape index (κ3) is 3.08. The highest BCUT2D eigenvalue weighted by Gasteiger charge is 2.25. The number of amides is 1. The summed E-state index contributed by atoms with van der Waals surface area (Å²) in [5.74, 6) is 0.0702. The summed E-state index contributed by atoms with van der Waals surface area (Å²) in [6, 6.07) is 8.13. The number of rotatable bonds is 3. The topological polar surface area (TPSA) is 54.0 Å². The molecule has 2 aromatic rings. The van der Waals surface area contributed by atoms with E-state index in [-0.39, 0.29) is 17.9 Å². The van der Waals surface area contributed by atoms with E-state index < -0.39 is 0 Å². The van der Waals surface area contributed by atoms with Gasteiger partial charge in [0.05, 0.1) is 12.0 Å². The number of anilines is 1. The van der Waals surface area contributed by atoms with Crippen molar-refractivity contribution in [2.24, 2.45) is 5.92 Å². The van der Waals surface area contributed by atoms with Crippen LogP contribution in [-0.4, -0.2) is 17.4 Å². The van der Waals surface area contributed by atoms with Gasteiger partial charge in [0.25, 0.3) is 0 Å². The van der Waals surface area contributed by atoms with Gasteiger partial charge in [-0.2, -0.15) is 0 Å². The second-order valence-electron chi connectivity index (χ2n) is 5.48. The Morgan fingerprint density at radius 1 is 1.48 bits per heavy atom. The second-order valence-corrected chi connectivity index (χ2v) is 6.74. The van der Waals surface area contributed by atoms with E-state index in [1.54, 1.807) is 11.3 Å². The predicted molar refractivity (Wildman–Crippen MR) is 85.5 cm³/mol. The van der Waals surface area contributed by atoms with Gasteiger partial charge in [0, 0.05) is 23.3 Å². The molecule has 2 atom stereocenters. The van der Waals surface area contributed by atoms with E-state index in [9.17, 15) is 4.79 Å². The molecule has 110 valence electrons. The van der Waals surface area contributed by atoms with Crippen LogP contribution in [0.5, 0.6) is 0 Å². The molecule has 21 heavy (non-hydrogen) atoms. The molecule has 0 bridgehead atoms. The fourth-order valence-corrected chi connectivity index (χ4v) is 3.37. The smallest absolute Gasteiger partial charge is 0.225 e. The van der Waals surface area contributed by atoms with Crippen LogP contribution in [0.2, 0.25) is 0 Å². The lowest BCUT2D eigenvalue weighted by Crippen LogP contribution is -2.39. The predicted octanol–water partition coefficient (Wildman–Crippen LogP) is 2.91. The number of aromatic nitrogens is 1. The monoisotopic (exact) mass is 301 g/mol. The van der Waals surface area contributed by atoms with Crippen LogP contribution in [0.25, 0.3) is 0 Å². The molecule has 0 fully saturated rings. The molecule has 3 rings (SSSR count). The van der Waals surface area contributed by atoms with Crippen molar-refractivity contribution < 1.29 is 4.79 Å². The summed E-state index contributed by atoms with van der Waals surface area (Å²) in [5.41, 5.74) is 2.35. The van der Waals surface area contributed by atoms with Gasteiger partial charge in [-0.15, -0.1) is 11.3 Å². The molecule has 0 radical (unpaired) electrons. The van der Waals surface area contributed by atoms with Crippen LogP contribution < -0.4 is 10.6 Å². The number of aryl methyl sites for hydroxylation is 1. The van der Waals surface area contributed by atoms with Gasteiger partial charge in [0.1, 0.15) is 5.01 Å². The Kier molecular flexibility index (Phi) is 3.92. The minimum Gasteiger partial charge on any atom is -0.384 e. The summed E-state index contributed by atoms with van der Waals surface area (Å²) in [5, 5.41) is 7.38. The molecule has 2 heterocycles. The Morgan fingerprint density at radius 2 is 2.29 bits per heavy atom. The van der Waals surface area contributed by atoms with Crippen LogP contribution in [0.1, 0.15) is 28.4 Å². The maximum atomic E-state index is 12.4. The molecule has 0 spiro atoms. The fourth-order valence-electron chi connectivity index (χ4n) is 2.59. The van der Waals surface area contributed by atoms with Crippen molar-refractivity contribution in [3.05, 3.63) is 45.9 Å². The molecular weight excluding hydrogens is 282 g/mol. The number of nitrogens with one attached hydrogen (secondary N) is 2. The zero-order chi connectivity index (χ0) is 14.8. The van der Waals surface area contributed by atoms with Crippen molar-refractivity contribution in [1.29, 1.82) is 0 Å². The van der Waals surface area contributed by atoms with Gasteiger partial charge in [-0.05, 0) is 31.9 Å². The van der Waals surface area contributed by atoms with Gasteiger partial charge < -0.3 is 10.6 Å². The van der Waals surface area contributed by atoms with Crippen molar-refractivity contribution in [2.75, 3.05) is 11.9 Å². The first-order valence-electron chi connectivity index (χ1n) is 7.18. The molecule has 5 heteroatoms. The van der Waals surface area contributed by atoms with Crippen molar-refractivity contribution in [2.45, 2.75) is 26.3 Å². The van der Waals surface area contributed by atoms with Crippen LogP contribution in [-0.2, 0) is 11.2 Å². The van der Waals surface area contributed by atoms with E-state index in [1.807, 2.05) is 32.2 Å². The van der Waals surface area contributed by atoms with Gasteiger partial charge >= 0.3 is 0 Å². The first kappa shape index (κ1) is 14.1. The quantitative estimate of drug-likeness (QED) is 0.916. The summed E-state index contributed by atoms with van der Waals surface area (Å²) in [4.78, 5) is 17.9. The number of benzene rings is 1. The molecule has 1 amide bonds. The third-order valence-electron chi connectivity index (χ3n) is 3.76. The zero-order valence-corrected chi connectivity index (χ0v) is 13.0. The Bertz CT molecular complexity index is 652. The molecule has 0 saturated heterocycles. The van der Waals surface area contributed by atoms with Gasteiger partial charge in [-0.1, -0.05) is 18.2 Å². The maximum absolute atomic E-state index is 12.4. The van der Waals surface area contributed by atoms with Crippen molar-refractivity contribution in [1.82, 2.24) is 10.3 Å². The molecule has 1 aliphatic heterocycles. The molecule has 1 aliphatic rings. The molecule has 2 N–H and O–H groups in total. The number of thiazole rings is 1. The number of carbonyl (C=O) groups excluding carboxylic acids is 1. The third-order valence-corrected chi connectivity index (χ3v) is 4.86. The van der Waals surface area contributed by atoms with Crippen LogP contribution in [0.15, 0.2) is 30.5 Å². The number of para-hydroxylation sites is 1. The zero-order valence-electron chi connectivity index (χ0n) is 12.2. The summed E-state index contributed by atoms with van der Waals surface area (Å²) in [7, 11) is 0. The number of nitrogens with zero attached hydrogens (tertiary/aromatic N) is 1. The summed E-state index contributed by atoms with van der Waals surface area (Å²) >= 11 is 1.63. The van der Waals surface area contributed by atoms with E-state index in [2.05, 4.69) is 27.8 Å². The number of fused-ring (bicyclic) bond motifs is 1. The van der Waals surface area contributed by atoms with Crippen LogP contribution in [0.3, 0.4) is 0 Å². The fraction of sp³-hybridized carbons (Fsp3) is 0.375. The molecule has 1 aromatic carbocycles. The Balaban J connectivity index is 1.64. The largest absolute Gasteiger partial charge is 0.384 e. The Hall–Kier alpha value is -1.88. The summed E-state index contributed by atoms with van der Waals surface area (Å²) in [6.45, 7) is 4.70. The molecule has 1 aromatic heterocycles. The number of hydrogen-bond acceptors (Lipinski definition) is 4. The van der Waals surface area contributed by atoms with Gasteiger partial charge in [0.2, 0.25) is 5.91 Å². The van der Waals surface area contributed by atoms with E-state index in [0.29, 0.717) is 6.54 Å². The first-order chi connectivity index (χ1) is 10.1. The van der Waals surface area contributed by atoms with Crippen molar-refractivity contribution in [3.63, 3.8) is 0 Å².